The zero-order valence-electron chi connectivity index (χ0n) is 5.96. The van der Waals surface area contributed by atoms with Crippen molar-refractivity contribution in [2.75, 3.05) is 19.0 Å². The molecule has 0 radical (unpaired) electrons. The van der Waals surface area contributed by atoms with E-state index in [-0.39, 0.29) is 5.43 Å². The van der Waals surface area contributed by atoms with Gasteiger partial charge in [0, 0.05) is 26.4 Å². The highest BCUT2D eigenvalue weighted by Crippen LogP contribution is 1.92. The summed E-state index contributed by atoms with van der Waals surface area (Å²) < 4.78 is 0. The Balaban J connectivity index is 3.16. The number of hydrogen-bond donors (Lipinski definition) is 1. The molecule has 4 heteroatoms. The maximum Gasteiger partial charge on any atom is 0.224 e. The molecule has 1 heterocycles. The lowest BCUT2D eigenvalue weighted by Gasteiger charge is -2.07. The highest BCUT2D eigenvalue weighted by Gasteiger charge is 1.99. The summed E-state index contributed by atoms with van der Waals surface area (Å²) in [4.78, 5) is 12.6. The van der Waals surface area contributed by atoms with Gasteiger partial charge in [-0.15, -0.1) is 0 Å². The number of rotatable bonds is 1. The molecule has 54 valence electrons. The van der Waals surface area contributed by atoms with Crippen LogP contribution in [0, 0.1) is 0 Å². The molecule has 0 aromatic carbocycles. The van der Waals surface area contributed by atoms with E-state index >= 15 is 0 Å². The Kier molecular flexibility index (Phi) is 1.71. The molecule has 0 aliphatic carbocycles. The Bertz CT molecular complexity index is 266. The lowest BCUT2D eigenvalue weighted by molar-refractivity contribution is 0.951. The Morgan fingerprint density at radius 3 is 2.70 bits per heavy atom. The second kappa shape index (κ2) is 2.51. The summed E-state index contributed by atoms with van der Waals surface area (Å²) in [6.45, 7) is 0. The predicted octanol–water partition coefficient (Wildman–Crippen LogP) is -0.164. The molecule has 1 aromatic rings. The summed E-state index contributed by atoms with van der Waals surface area (Å²) in [6, 6.07) is 1.45. The minimum atomic E-state index is -0.0660. The Labute approximate surface area is 58.5 Å². The fourth-order valence-corrected chi connectivity index (χ4v) is 0.661. The first-order valence-electron chi connectivity index (χ1n) is 2.93. The average molecular weight is 139 g/mol. The van der Waals surface area contributed by atoms with Crippen molar-refractivity contribution in [2.45, 2.75) is 0 Å². The van der Waals surface area contributed by atoms with Gasteiger partial charge in [0.2, 0.25) is 5.43 Å². The van der Waals surface area contributed by atoms with Crippen molar-refractivity contribution in [2.24, 2.45) is 0 Å². The van der Waals surface area contributed by atoms with E-state index in [1.54, 1.807) is 19.0 Å². The number of hydrogen-bond acceptors (Lipinski definition) is 3. The number of aromatic nitrogens is 2. The third-order valence-electron chi connectivity index (χ3n) is 1.12. The lowest BCUT2D eigenvalue weighted by atomic mass is 10.5. The van der Waals surface area contributed by atoms with Crippen LogP contribution in [0.4, 0.5) is 5.82 Å². The van der Waals surface area contributed by atoms with Crippen LogP contribution in [-0.4, -0.2) is 24.3 Å². The van der Waals surface area contributed by atoms with E-state index in [1.165, 1.54) is 12.3 Å². The average Bonchev–Trinajstić information content (AvgIpc) is 1.88. The molecule has 4 nitrogen and oxygen atoms in total. The van der Waals surface area contributed by atoms with Crippen molar-refractivity contribution in [3.05, 3.63) is 22.5 Å². The molecule has 10 heavy (non-hydrogen) atoms. The van der Waals surface area contributed by atoms with Crippen LogP contribution in [0.15, 0.2) is 17.1 Å². The molecule has 1 rings (SSSR count). The van der Waals surface area contributed by atoms with E-state index in [0.29, 0.717) is 5.82 Å². The summed E-state index contributed by atoms with van der Waals surface area (Å²) in [5.74, 6) is 0.433. The lowest BCUT2D eigenvalue weighted by Crippen LogP contribution is -2.20. The minimum absolute atomic E-state index is 0.0660. The molecule has 1 N–H and O–H groups in total. The molecular formula is C6H9N3O. The van der Waals surface area contributed by atoms with Gasteiger partial charge in [-0.25, -0.2) is 0 Å². The zero-order valence-corrected chi connectivity index (χ0v) is 5.96. The molecule has 0 bridgehead atoms. The SMILES string of the molecule is CN(C)c1n[nH]ccc1=O. The van der Waals surface area contributed by atoms with Gasteiger partial charge in [-0.2, -0.15) is 5.10 Å². The first-order chi connectivity index (χ1) is 4.72. The van der Waals surface area contributed by atoms with Gasteiger partial charge in [0.15, 0.2) is 5.82 Å². The van der Waals surface area contributed by atoms with Gasteiger partial charge in [-0.05, 0) is 0 Å². The number of anilines is 1. The summed E-state index contributed by atoms with van der Waals surface area (Å²) >= 11 is 0. The zero-order chi connectivity index (χ0) is 7.56. The van der Waals surface area contributed by atoms with Gasteiger partial charge >= 0.3 is 0 Å². The standard InChI is InChI=1S/C6H9N3O/c1-9(2)6-5(10)3-4-7-8-6/h3-4H,1-2H3,(H,7,10). The fraction of sp³-hybridized carbons (Fsp3) is 0.333. The molecule has 0 amide bonds. The summed E-state index contributed by atoms with van der Waals surface area (Å²) in [5, 5.41) is 6.36. The van der Waals surface area contributed by atoms with Gasteiger partial charge in [0.1, 0.15) is 0 Å². The molecule has 0 atom stereocenters. The van der Waals surface area contributed by atoms with Crippen molar-refractivity contribution < 1.29 is 0 Å². The summed E-state index contributed by atoms with van der Waals surface area (Å²) in [7, 11) is 3.55. The van der Waals surface area contributed by atoms with E-state index in [9.17, 15) is 4.79 Å². The summed E-state index contributed by atoms with van der Waals surface area (Å²) in [6.07, 6.45) is 1.51. The van der Waals surface area contributed by atoms with Gasteiger partial charge in [-0.1, -0.05) is 0 Å². The van der Waals surface area contributed by atoms with Crippen LogP contribution < -0.4 is 10.3 Å². The number of H-pyrrole nitrogens is 1. The van der Waals surface area contributed by atoms with Gasteiger partial charge in [0.25, 0.3) is 0 Å². The fourth-order valence-electron chi connectivity index (χ4n) is 0.661. The molecule has 0 aliphatic heterocycles. The molecule has 0 fully saturated rings. The first-order valence-corrected chi connectivity index (χ1v) is 2.93. The van der Waals surface area contributed by atoms with Crippen LogP contribution in [-0.2, 0) is 0 Å². The topological polar surface area (TPSA) is 49.0 Å². The number of nitrogens with zero attached hydrogens (tertiary/aromatic N) is 2. The van der Waals surface area contributed by atoms with Crippen molar-refractivity contribution in [1.82, 2.24) is 10.2 Å². The third kappa shape index (κ3) is 1.15. The second-order valence-electron chi connectivity index (χ2n) is 2.16. The Hall–Kier alpha value is -1.32. The first kappa shape index (κ1) is 6.80. The van der Waals surface area contributed by atoms with E-state index in [1.807, 2.05) is 0 Å². The molecule has 0 spiro atoms. The van der Waals surface area contributed by atoms with Crippen molar-refractivity contribution in [3.8, 4) is 0 Å². The van der Waals surface area contributed by atoms with Gasteiger partial charge in [0.05, 0.1) is 0 Å². The molecule has 0 saturated carbocycles. The maximum atomic E-state index is 10.9. The van der Waals surface area contributed by atoms with Crippen molar-refractivity contribution >= 4 is 5.82 Å². The Morgan fingerprint density at radius 1 is 1.60 bits per heavy atom. The quantitative estimate of drug-likeness (QED) is 0.588. The summed E-state index contributed by atoms with van der Waals surface area (Å²) in [5.41, 5.74) is -0.0660. The minimum Gasteiger partial charge on any atom is -0.358 e. The molecule has 0 aliphatic rings. The van der Waals surface area contributed by atoms with Crippen LogP contribution in [0.2, 0.25) is 0 Å². The van der Waals surface area contributed by atoms with Crippen LogP contribution in [0.25, 0.3) is 0 Å². The van der Waals surface area contributed by atoms with Crippen LogP contribution in [0.5, 0.6) is 0 Å². The van der Waals surface area contributed by atoms with Gasteiger partial charge < -0.3 is 4.90 Å². The van der Waals surface area contributed by atoms with Crippen LogP contribution in [0.1, 0.15) is 0 Å². The largest absolute Gasteiger partial charge is 0.358 e. The third-order valence-corrected chi connectivity index (χ3v) is 1.12. The molecular weight excluding hydrogens is 130 g/mol. The number of nitrogens with one attached hydrogen (secondary N) is 1. The van der Waals surface area contributed by atoms with Crippen molar-refractivity contribution in [1.29, 1.82) is 0 Å². The molecule has 1 aromatic heterocycles. The normalized spacial score (nSPS) is 9.40. The smallest absolute Gasteiger partial charge is 0.224 e. The molecule has 0 saturated heterocycles. The van der Waals surface area contributed by atoms with Gasteiger partial charge in [-0.3, -0.25) is 9.89 Å². The molecule has 0 unspecified atom stereocenters. The van der Waals surface area contributed by atoms with E-state index < -0.39 is 0 Å². The van der Waals surface area contributed by atoms with Crippen molar-refractivity contribution in [3.63, 3.8) is 0 Å². The highest BCUT2D eigenvalue weighted by atomic mass is 16.1. The Morgan fingerprint density at radius 2 is 2.30 bits per heavy atom. The monoisotopic (exact) mass is 139 g/mol. The van der Waals surface area contributed by atoms with Crippen LogP contribution in [0.3, 0.4) is 0 Å². The maximum absolute atomic E-state index is 10.9. The van der Waals surface area contributed by atoms with Crippen LogP contribution >= 0.6 is 0 Å². The second-order valence-corrected chi connectivity index (χ2v) is 2.16. The highest BCUT2D eigenvalue weighted by molar-refractivity contribution is 5.33. The van der Waals surface area contributed by atoms with E-state index in [2.05, 4.69) is 10.2 Å². The number of aromatic amines is 1. The predicted molar refractivity (Wildman–Crippen MR) is 39.2 cm³/mol. The van der Waals surface area contributed by atoms with E-state index in [4.69, 9.17) is 0 Å². The van der Waals surface area contributed by atoms with E-state index in [0.717, 1.165) is 0 Å².